The minimum atomic E-state index is 0.00835. The number of ketones is 1. The molecule has 0 fully saturated rings. The molecule has 2 aromatic rings. The Kier molecular flexibility index (Phi) is 4.77. The molecule has 3 heteroatoms. The highest BCUT2D eigenvalue weighted by Gasteiger charge is 2.07. The summed E-state index contributed by atoms with van der Waals surface area (Å²) < 4.78 is 5.46. The maximum Gasteiger partial charge on any atom is 0.172 e. The minimum absolute atomic E-state index is 0.00835. The molecule has 2 aromatic carbocycles. The molecule has 2 rings (SSSR count). The SMILES string of the molecule is CC(C)C(=O)COc1ccc(Nc2ccccc2)cc1. The van der Waals surface area contributed by atoms with Crippen LogP contribution >= 0.6 is 0 Å². The fourth-order valence-corrected chi connectivity index (χ4v) is 1.64. The number of nitrogens with one attached hydrogen (secondary N) is 1. The van der Waals surface area contributed by atoms with E-state index in [1.165, 1.54) is 0 Å². The largest absolute Gasteiger partial charge is 0.486 e. The van der Waals surface area contributed by atoms with Crippen LogP contribution in [0.1, 0.15) is 13.8 Å². The summed E-state index contributed by atoms with van der Waals surface area (Å²) >= 11 is 0. The lowest BCUT2D eigenvalue weighted by Gasteiger charge is -2.09. The lowest BCUT2D eigenvalue weighted by molar-refractivity contribution is -0.123. The maximum atomic E-state index is 11.5. The van der Waals surface area contributed by atoms with Gasteiger partial charge in [-0.15, -0.1) is 0 Å². The molecule has 0 unspecified atom stereocenters. The predicted octanol–water partition coefficient (Wildman–Crippen LogP) is 4.03. The van der Waals surface area contributed by atoms with Crippen LogP contribution < -0.4 is 10.1 Å². The third-order valence-electron chi connectivity index (χ3n) is 2.94. The summed E-state index contributed by atoms with van der Waals surface area (Å²) in [5.74, 6) is 0.822. The van der Waals surface area contributed by atoms with Gasteiger partial charge in [0.05, 0.1) is 0 Å². The van der Waals surface area contributed by atoms with Crippen molar-refractivity contribution < 1.29 is 9.53 Å². The van der Waals surface area contributed by atoms with E-state index < -0.39 is 0 Å². The smallest absolute Gasteiger partial charge is 0.172 e. The first-order chi connectivity index (χ1) is 9.65. The van der Waals surface area contributed by atoms with E-state index >= 15 is 0 Å². The molecule has 0 aliphatic heterocycles. The molecule has 20 heavy (non-hydrogen) atoms. The van der Waals surface area contributed by atoms with Gasteiger partial charge in [-0.1, -0.05) is 32.0 Å². The molecule has 0 aliphatic carbocycles. The highest BCUT2D eigenvalue weighted by atomic mass is 16.5. The van der Waals surface area contributed by atoms with Crippen molar-refractivity contribution in [1.29, 1.82) is 0 Å². The van der Waals surface area contributed by atoms with Gasteiger partial charge >= 0.3 is 0 Å². The van der Waals surface area contributed by atoms with E-state index in [1.54, 1.807) is 0 Å². The molecular formula is C17H19NO2. The number of ether oxygens (including phenoxy) is 1. The molecular weight excluding hydrogens is 250 g/mol. The van der Waals surface area contributed by atoms with Crippen LogP contribution in [0.15, 0.2) is 54.6 Å². The molecule has 0 saturated carbocycles. The van der Waals surface area contributed by atoms with Gasteiger partial charge in [-0.25, -0.2) is 0 Å². The van der Waals surface area contributed by atoms with Gasteiger partial charge < -0.3 is 10.1 Å². The molecule has 1 N–H and O–H groups in total. The lowest BCUT2D eigenvalue weighted by Crippen LogP contribution is -2.16. The molecule has 0 spiro atoms. The van der Waals surface area contributed by atoms with E-state index in [4.69, 9.17) is 4.74 Å². The summed E-state index contributed by atoms with van der Waals surface area (Å²) in [5, 5.41) is 3.29. The molecule has 3 nitrogen and oxygen atoms in total. The zero-order valence-electron chi connectivity index (χ0n) is 11.8. The molecule has 0 bridgehead atoms. The Morgan fingerprint density at radius 1 is 1.00 bits per heavy atom. The number of hydrogen-bond acceptors (Lipinski definition) is 3. The first-order valence-electron chi connectivity index (χ1n) is 6.73. The normalized spacial score (nSPS) is 10.3. The third-order valence-corrected chi connectivity index (χ3v) is 2.94. The van der Waals surface area contributed by atoms with Gasteiger partial charge in [0.2, 0.25) is 0 Å². The zero-order chi connectivity index (χ0) is 14.4. The van der Waals surface area contributed by atoms with E-state index in [0.717, 1.165) is 11.4 Å². The quantitative estimate of drug-likeness (QED) is 0.860. The van der Waals surface area contributed by atoms with Crippen LogP contribution in [0, 0.1) is 5.92 Å². The Morgan fingerprint density at radius 2 is 1.60 bits per heavy atom. The number of anilines is 2. The minimum Gasteiger partial charge on any atom is -0.486 e. The van der Waals surface area contributed by atoms with Crippen molar-refractivity contribution in [2.45, 2.75) is 13.8 Å². The number of carbonyl (C=O) groups is 1. The highest BCUT2D eigenvalue weighted by molar-refractivity contribution is 5.81. The second-order valence-corrected chi connectivity index (χ2v) is 4.93. The van der Waals surface area contributed by atoms with Crippen LogP contribution in [0.25, 0.3) is 0 Å². The van der Waals surface area contributed by atoms with Gasteiger partial charge in [0, 0.05) is 17.3 Å². The van der Waals surface area contributed by atoms with Crippen LogP contribution in [-0.4, -0.2) is 12.4 Å². The van der Waals surface area contributed by atoms with Gasteiger partial charge in [-0.2, -0.15) is 0 Å². The van der Waals surface area contributed by atoms with E-state index in [9.17, 15) is 4.79 Å². The Balaban J connectivity index is 1.91. The Labute approximate surface area is 119 Å². The first kappa shape index (κ1) is 14.1. The van der Waals surface area contributed by atoms with Crippen LogP contribution in [0.3, 0.4) is 0 Å². The average molecular weight is 269 g/mol. The molecule has 0 atom stereocenters. The Hall–Kier alpha value is -2.29. The summed E-state index contributed by atoms with van der Waals surface area (Å²) in [7, 11) is 0. The number of benzene rings is 2. The maximum absolute atomic E-state index is 11.5. The van der Waals surface area contributed by atoms with Crippen molar-refractivity contribution in [2.24, 2.45) is 5.92 Å². The molecule has 0 saturated heterocycles. The third kappa shape index (κ3) is 4.12. The van der Waals surface area contributed by atoms with Crippen molar-refractivity contribution in [3.05, 3.63) is 54.6 Å². The van der Waals surface area contributed by atoms with Crippen molar-refractivity contribution in [1.82, 2.24) is 0 Å². The Morgan fingerprint density at radius 3 is 2.20 bits per heavy atom. The van der Waals surface area contributed by atoms with Gasteiger partial charge in [-0.3, -0.25) is 4.79 Å². The molecule has 0 aliphatic rings. The van der Waals surface area contributed by atoms with Gasteiger partial charge in [0.15, 0.2) is 5.78 Å². The molecule has 0 heterocycles. The lowest BCUT2D eigenvalue weighted by atomic mass is 10.1. The van der Waals surface area contributed by atoms with Crippen LogP contribution in [0.2, 0.25) is 0 Å². The first-order valence-corrected chi connectivity index (χ1v) is 6.73. The molecule has 0 amide bonds. The van der Waals surface area contributed by atoms with Crippen molar-refractivity contribution in [2.75, 3.05) is 11.9 Å². The topological polar surface area (TPSA) is 38.3 Å². The number of carbonyl (C=O) groups excluding carboxylic acids is 1. The summed E-state index contributed by atoms with van der Waals surface area (Å²) in [6.07, 6.45) is 0. The number of hydrogen-bond donors (Lipinski definition) is 1. The monoisotopic (exact) mass is 269 g/mol. The summed E-state index contributed by atoms with van der Waals surface area (Å²) in [5.41, 5.74) is 2.02. The summed E-state index contributed by atoms with van der Waals surface area (Å²) in [6, 6.07) is 17.5. The van der Waals surface area contributed by atoms with Gasteiger partial charge in [-0.05, 0) is 36.4 Å². The summed E-state index contributed by atoms with van der Waals surface area (Å²) in [4.78, 5) is 11.5. The fourth-order valence-electron chi connectivity index (χ4n) is 1.64. The Bertz CT molecular complexity index is 547. The van der Waals surface area contributed by atoms with E-state index in [-0.39, 0.29) is 18.3 Å². The molecule has 104 valence electrons. The van der Waals surface area contributed by atoms with E-state index in [0.29, 0.717) is 5.75 Å². The standard InChI is InChI=1S/C17H19NO2/c1-13(2)17(19)12-20-16-10-8-15(9-11-16)18-14-6-4-3-5-7-14/h3-11,13,18H,12H2,1-2H3. The number of rotatable bonds is 6. The van der Waals surface area contributed by atoms with Crippen LogP contribution in [-0.2, 0) is 4.79 Å². The van der Waals surface area contributed by atoms with Crippen LogP contribution in [0.5, 0.6) is 5.75 Å². The molecule has 0 radical (unpaired) electrons. The second kappa shape index (κ2) is 6.75. The van der Waals surface area contributed by atoms with Crippen molar-refractivity contribution in [3.8, 4) is 5.75 Å². The number of para-hydroxylation sites is 1. The average Bonchev–Trinajstić information content (AvgIpc) is 2.47. The fraction of sp³-hybridized carbons (Fsp3) is 0.235. The predicted molar refractivity (Wildman–Crippen MR) is 81.5 cm³/mol. The van der Waals surface area contributed by atoms with E-state index in [2.05, 4.69) is 5.32 Å². The van der Waals surface area contributed by atoms with Gasteiger partial charge in [0.1, 0.15) is 12.4 Å². The van der Waals surface area contributed by atoms with E-state index in [1.807, 2.05) is 68.4 Å². The van der Waals surface area contributed by atoms with Crippen molar-refractivity contribution >= 4 is 17.2 Å². The summed E-state index contributed by atoms with van der Waals surface area (Å²) in [6.45, 7) is 3.88. The van der Waals surface area contributed by atoms with Crippen molar-refractivity contribution in [3.63, 3.8) is 0 Å². The molecule has 0 aromatic heterocycles. The van der Waals surface area contributed by atoms with Gasteiger partial charge in [0.25, 0.3) is 0 Å². The zero-order valence-corrected chi connectivity index (χ0v) is 11.8. The van der Waals surface area contributed by atoms with Crippen LogP contribution in [0.4, 0.5) is 11.4 Å². The second-order valence-electron chi connectivity index (χ2n) is 4.93. The number of Topliss-reactive ketones (excluding diaryl/α,β-unsaturated/α-hetero) is 1. The highest BCUT2D eigenvalue weighted by Crippen LogP contribution is 2.19.